The molecule has 1 fully saturated rings. The molecular formula is C18H23N3. The molecule has 2 aromatic carbocycles. The van der Waals surface area contributed by atoms with Gasteiger partial charge < -0.3 is 10.6 Å². The summed E-state index contributed by atoms with van der Waals surface area (Å²) in [5.41, 5.74) is 9.36. The number of hydrogen-bond donors (Lipinski definition) is 1. The summed E-state index contributed by atoms with van der Waals surface area (Å²) >= 11 is 0. The van der Waals surface area contributed by atoms with E-state index in [0.717, 1.165) is 31.9 Å². The quantitative estimate of drug-likeness (QED) is 0.878. The van der Waals surface area contributed by atoms with Gasteiger partial charge >= 0.3 is 0 Å². The predicted octanol–water partition coefficient (Wildman–Crippen LogP) is 2.98. The second-order valence-corrected chi connectivity index (χ2v) is 5.85. The van der Waals surface area contributed by atoms with Crippen LogP contribution in [0.25, 0.3) is 0 Å². The van der Waals surface area contributed by atoms with Gasteiger partial charge in [0, 0.05) is 43.6 Å². The van der Waals surface area contributed by atoms with Gasteiger partial charge in [0.05, 0.1) is 0 Å². The molecule has 21 heavy (non-hydrogen) atoms. The summed E-state index contributed by atoms with van der Waals surface area (Å²) in [6.07, 6.45) is 0. The molecule has 110 valence electrons. The van der Waals surface area contributed by atoms with Crippen molar-refractivity contribution in [1.29, 1.82) is 0 Å². The maximum atomic E-state index is 5.89. The number of nitrogens with two attached hydrogens (primary N) is 1. The standard InChI is InChI=1S/C18H23N3/c1-15-13-21(18-9-5-8-17(19)12-18)11-10-20(15)14-16-6-3-2-4-7-16/h2-9,12,15H,10-11,13-14,19H2,1H3. The van der Waals surface area contributed by atoms with Crippen LogP contribution < -0.4 is 10.6 Å². The molecule has 2 N–H and O–H groups in total. The van der Waals surface area contributed by atoms with Crippen molar-refractivity contribution in [3.63, 3.8) is 0 Å². The molecule has 0 aromatic heterocycles. The lowest BCUT2D eigenvalue weighted by Crippen LogP contribution is -2.51. The molecule has 0 amide bonds. The number of benzene rings is 2. The summed E-state index contributed by atoms with van der Waals surface area (Å²) in [5.74, 6) is 0. The van der Waals surface area contributed by atoms with Gasteiger partial charge in [0.1, 0.15) is 0 Å². The molecule has 1 aliphatic rings. The Bertz CT molecular complexity index is 582. The fourth-order valence-electron chi connectivity index (χ4n) is 3.00. The lowest BCUT2D eigenvalue weighted by atomic mass is 10.1. The highest BCUT2D eigenvalue weighted by atomic mass is 15.3. The minimum Gasteiger partial charge on any atom is -0.399 e. The Morgan fingerprint density at radius 3 is 2.57 bits per heavy atom. The maximum absolute atomic E-state index is 5.89. The lowest BCUT2D eigenvalue weighted by molar-refractivity contribution is 0.181. The Balaban J connectivity index is 1.64. The van der Waals surface area contributed by atoms with Crippen LogP contribution in [-0.2, 0) is 6.54 Å². The molecular weight excluding hydrogens is 258 g/mol. The van der Waals surface area contributed by atoms with Gasteiger partial charge in [-0.15, -0.1) is 0 Å². The zero-order valence-corrected chi connectivity index (χ0v) is 12.6. The van der Waals surface area contributed by atoms with Crippen LogP contribution in [0.2, 0.25) is 0 Å². The van der Waals surface area contributed by atoms with E-state index in [9.17, 15) is 0 Å². The molecule has 1 heterocycles. The summed E-state index contributed by atoms with van der Waals surface area (Å²) < 4.78 is 0. The van der Waals surface area contributed by atoms with Crippen LogP contribution in [0.15, 0.2) is 54.6 Å². The van der Waals surface area contributed by atoms with Gasteiger partial charge in [0.15, 0.2) is 0 Å². The van der Waals surface area contributed by atoms with E-state index >= 15 is 0 Å². The summed E-state index contributed by atoms with van der Waals surface area (Å²) in [6, 6.07) is 19.4. The number of nitrogens with zero attached hydrogens (tertiary/aromatic N) is 2. The largest absolute Gasteiger partial charge is 0.399 e. The second kappa shape index (κ2) is 6.19. The first-order chi connectivity index (χ1) is 10.2. The third-order valence-corrected chi connectivity index (χ3v) is 4.23. The molecule has 3 nitrogen and oxygen atoms in total. The van der Waals surface area contributed by atoms with E-state index in [1.807, 2.05) is 12.1 Å². The number of hydrogen-bond acceptors (Lipinski definition) is 3. The summed E-state index contributed by atoms with van der Waals surface area (Å²) in [6.45, 7) is 6.54. The van der Waals surface area contributed by atoms with Crippen LogP contribution in [0.5, 0.6) is 0 Å². The first-order valence-corrected chi connectivity index (χ1v) is 7.61. The molecule has 0 radical (unpaired) electrons. The van der Waals surface area contributed by atoms with Crippen LogP contribution in [0.4, 0.5) is 11.4 Å². The Morgan fingerprint density at radius 1 is 1.05 bits per heavy atom. The zero-order valence-electron chi connectivity index (χ0n) is 12.6. The van der Waals surface area contributed by atoms with Gasteiger partial charge in [-0.05, 0) is 30.7 Å². The fraction of sp³-hybridized carbons (Fsp3) is 0.333. The van der Waals surface area contributed by atoms with E-state index in [-0.39, 0.29) is 0 Å². The van der Waals surface area contributed by atoms with E-state index in [1.54, 1.807) is 0 Å². The normalized spacial score (nSPS) is 19.7. The molecule has 1 aliphatic heterocycles. The first-order valence-electron chi connectivity index (χ1n) is 7.61. The van der Waals surface area contributed by atoms with Crippen molar-refractivity contribution in [2.24, 2.45) is 0 Å². The summed E-state index contributed by atoms with van der Waals surface area (Å²) in [4.78, 5) is 4.99. The van der Waals surface area contributed by atoms with Crippen molar-refractivity contribution in [3.05, 3.63) is 60.2 Å². The van der Waals surface area contributed by atoms with Crippen molar-refractivity contribution < 1.29 is 0 Å². The highest BCUT2D eigenvalue weighted by Crippen LogP contribution is 2.22. The van der Waals surface area contributed by atoms with Crippen LogP contribution in [-0.4, -0.2) is 30.6 Å². The Labute approximate surface area is 127 Å². The first kappa shape index (κ1) is 14.0. The van der Waals surface area contributed by atoms with E-state index < -0.39 is 0 Å². The molecule has 0 bridgehead atoms. The molecule has 3 heteroatoms. The van der Waals surface area contributed by atoms with Gasteiger partial charge in [-0.25, -0.2) is 0 Å². The van der Waals surface area contributed by atoms with E-state index in [0.29, 0.717) is 6.04 Å². The van der Waals surface area contributed by atoms with Crippen molar-refractivity contribution in [1.82, 2.24) is 4.90 Å². The van der Waals surface area contributed by atoms with Crippen molar-refractivity contribution >= 4 is 11.4 Å². The van der Waals surface area contributed by atoms with Crippen molar-refractivity contribution in [2.75, 3.05) is 30.3 Å². The lowest BCUT2D eigenvalue weighted by Gasteiger charge is -2.41. The number of nitrogen functional groups attached to an aromatic ring is 1. The molecule has 3 rings (SSSR count). The van der Waals surface area contributed by atoms with Crippen LogP contribution in [0.3, 0.4) is 0 Å². The van der Waals surface area contributed by atoms with Gasteiger partial charge in [0.25, 0.3) is 0 Å². The second-order valence-electron chi connectivity index (χ2n) is 5.85. The average Bonchev–Trinajstić information content (AvgIpc) is 2.50. The number of anilines is 2. The van der Waals surface area contributed by atoms with Crippen LogP contribution in [0.1, 0.15) is 12.5 Å². The molecule has 1 saturated heterocycles. The minimum atomic E-state index is 0.542. The van der Waals surface area contributed by atoms with Crippen molar-refractivity contribution in [2.45, 2.75) is 19.5 Å². The topological polar surface area (TPSA) is 32.5 Å². The average molecular weight is 281 g/mol. The number of rotatable bonds is 3. The van der Waals surface area contributed by atoms with Gasteiger partial charge in [0.2, 0.25) is 0 Å². The van der Waals surface area contributed by atoms with E-state index in [4.69, 9.17) is 5.73 Å². The van der Waals surface area contributed by atoms with Gasteiger partial charge in [-0.3, -0.25) is 4.90 Å². The van der Waals surface area contributed by atoms with Gasteiger partial charge in [-0.1, -0.05) is 36.4 Å². The zero-order chi connectivity index (χ0) is 14.7. The van der Waals surface area contributed by atoms with Gasteiger partial charge in [-0.2, -0.15) is 0 Å². The highest BCUT2D eigenvalue weighted by molar-refractivity contribution is 5.56. The smallest absolute Gasteiger partial charge is 0.0387 e. The van der Waals surface area contributed by atoms with E-state index in [1.165, 1.54) is 11.3 Å². The molecule has 0 aliphatic carbocycles. The number of piperazine rings is 1. The van der Waals surface area contributed by atoms with Crippen molar-refractivity contribution in [3.8, 4) is 0 Å². The molecule has 0 spiro atoms. The Morgan fingerprint density at radius 2 is 1.86 bits per heavy atom. The highest BCUT2D eigenvalue weighted by Gasteiger charge is 2.23. The fourth-order valence-corrected chi connectivity index (χ4v) is 3.00. The van der Waals surface area contributed by atoms with Crippen LogP contribution in [0, 0.1) is 0 Å². The third kappa shape index (κ3) is 3.37. The minimum absolute atomic E-state index is 0.542. The molecule has 2 aromatic rings. The molecule has 0 saturated carbocycles. The monoisotopic (exact) mass is 281 g/mol. The third-order valence-electron chi connectivity index (χ3n) is 4.23. The predicted molar refractivity (Wildman–Crippen MR) is 89.4 cm³/mol. The SMILES string of the molecule is CC1CN(c2cccc(N)c2)CCN1Cc1ccccc1. The van der Waals surface area contributed by atoms with Crippen LogP contribution >= 0.6 is 0 Å². The maximum Gasteiger partial charge on any atom is 0.0387 e. The Hall–Kier alpha value is -2.00. The molecule has 1 unspecified atom stereocenters. The summed E-state index contributed by atoms with van der Waals surface area (Å²) in [5, 5.41) is 0. The Kier molecular flexibility index (Phi) is 4.11. The molecule has 1 atom stereocenters. The van der Waals surface area contributed by atoms with E-state index in [2.05, 4.69) is 59.2 Å². The summed E-state index contributed by atoms with van der Waals surface area (Å²) in [7, 11) is 0.